The second-order valence-corrected chi connectivity index (χ2v) is 13.5. The molecule has 1 N–H and O–H groups in total. The number of nitrogens with zero attached hydrogens (tertiary/aromatic N) is 1. The van der Waals surface area contributed by atoms with Crippen molar-refractivity contribution in [2.24, 2.45) is 0 Å². The summed E-state index contributed by atoms with van der Waals surface area (Å²) in [5.41, 5.74) is 6.05. The third kappa shape index (κ3) is 8.91. The number of thiophene rings is 2. The molecule has 5 aromatic rings. The fraction of sp³-hybridized carbons (Fsp3) is 0.289. The van der Waals surface area contributed by atoms with Gasteiger partial charge < -0.3 is 9.84 Å². The molecular formula is C38H41NO3S2. The van der Waals surface area contributed by atoms with Crippen molar-refractivity contribution < 1.29 is 14.6 Å². The summed E-state index contributed by atoms with van der Waals surface area (Å²) >= 11 is 3.40. The Morgan fingerprint density at radius 3 is 2.18 bits per heavy atom. The van der Waals surface area contributed by atoms with Crippen LogP contribution in [-0.4, -0.2) is 22.5 Å². The molecule has 0 radical (unpaired) electrons. The van der Waals surface area contributed by atoms with Gasteiger partial charge in [-0.15, -0.1) is 22.7 Å². The van der Waals surface area contributed by atoms with Crippen molar-refractivity contribution in [2.75, 3.05) is 6.54 Å². The van der Waals surface area contributed by atoms with Gasteiger partial charge in [-0.05, 0) is 82.3 Å². The summed E-state index contributed by atoms with van der Waals surface area (Å²) in [7, 11) is 0. The molecule has 3 aromatic carbocycles. The SMILES string of the molecule is CCCC(CCC)c1ccc(OCc2ccc(-c3ccc(CN(CC(=O)O)Cc4cc(-c5ccccc5)cs4)s3)cc2)cc1. The van der Waals surface area contributed by atoms with Gasteiger partial charge in [0.25, 0.3) is 0 Å². The lowest BCUT2D eigenvalue weighted by molar-refractivity contribution is -0.138. The van der Waals surface area contributed by atoms with Crippen LogP contribution in [0.5, 0.6) is 5.75 Å². The van der Waals surface area contributed by atoms with Crippen molar-refractivity contribution >= 4 is 28.6 Å². The van der Waals surface area contributed by atoms with E-state index in [1.54, 1.807) is 22.7 Å². The molecule has 2 aromatic heterocycles. The zero-order valence-corrected chi connectivity index (χ0v) is 27.2. The van der Waals surface area contributed by atoms with Gasteiger partial charge in [0.05, 0.1) is 6.54 Å². The van der Waals surface area contributed by atoms with Gasteiger partial charge in [-0.25, -0.2) is 0 Å². The minimum Gasteiger partial charge on any atom is -0.489 e. The Bertz CT molecular complexity index is 1580. The first-order valence-corrected chi connectivity index (χ1v) is 17.2. The first-order chi connectivity index (χ1) is 21.5. The predicted molar refractivity (Wildman–Crippen MR) is 185 cm³/mol. The number of rotatable bonds is 16. The summed E-state index contributed by atoms with van der Waals surface area (Å²) in [5.74, 6) is 0.725. The number of carboxylic acids is 1. The van der Waals surface area contributed by atoms with E-state index in [0.29, 0.717) is 25.6 Å². The molecule has 0 amide bonds. The quantitative estimate of drug-likeness (QED) is 0.119. The number of aliphatic carboxylic acids is 1. The third-order valence-electron chi connectivity index (χ3n) is 7.81. The van der Waals surface area contributed by atoms with E-state index in [0.717, 1.165) is 26.6 Å². The van der Waals surface area contributed by atoms with E-state index in [4.69, 9.17) is 4.74 Å². The number of hydrogen-bond donors (Lipinski definition) is 1. The van der Waals surface area contributed by atoms with Crippen LogP contribution in [0, 0.1) is 0 Å². The Hall–Kier alpha value is -3.71. The van der Waals surface area contributed by atoms with Crippen LogP contribution in [0.25, 0.3) is 21.6 Å². The molecule has 5 rings (SSSR count). The van der Waals surface area contributed by atoms with Crippen LogP contribution in [0.3, 0.4) is 0 Å². The van der Waals surface area contributed by atoms with Crippen molar-refractivity contribution in [3.05, 3.63) is 123 Å². The first kappa shape index (κ1) is 31.7. The summed E-state index contributed by atoms with van der Waals surface area (Å²) in [6.07, 6.45) is 4.89. The molecule has 0 saturated heterocycles. The average molecular weight is 624 g/mol. The maximum atomic E-state index is 11.7. The Labute approximate surface area is 269 Å². The molecule has 6 heteroatoms. The van der Waals surface area contributed by atoms with Crippen LogP contribution in [0.1, 0.15) is 66.3 Å². The molecule has 0 fully saturated rings. The van der Waals surface area contributed by atoms with Crippen LogP contribution < -0.4 is 4.74 Å². The van der Waals surface area contributed by atoms with Gasteiger partial charge in [-0.3, -0.25) is 9.69 Å². The molecule has 228 valence electrons. The highest BCUT2D eigenvalue weighted by molar-refractivity contribution is 7.15. The van der Waals surface area contributed by atoms with E-state index in [1.807, 2.05) is 23.1 Å². The van der Waals surface area contributed by atoms with Crippen LogP contribution >= 0.6 is 22.7 Å². The predicted octanol–water partition coefficient (Wildman–Crippen LogP) is 10.5. The van der Waals surface area contributed by atoms with Crippen LogP contribution in [0.2, 0.25) is 0 Å². The van der Waals surface area contributed by atoms with Gasteiger partial charge in [0.15, 0.2) is 0 Å². The van der Waals surface area contributed by atoms with Gasteiger partial charge >= 0.3 is 5.97 Å². The number of hydrogen-bond acceptors (Lipinski definition) is 5. The van der Waals surface area contributed by atoms with E-state index in [1.165, 1.54) is 47.3 Å². The standard InChI is InChI=1S/C38H41NO3S2/c1-3-8-29(9-4-2)31-16-18-34(19-17-31)42-26-28-12-14-32(15-13-28)37-21-20-35(44-37)23-39(25-38(40)41)24-36-22-33(27-43-36)30-10-6-5-7-11-30/h5-7,10-22,27,29H,3-4,8-9,23-26H2,1-2H3,(H,40,41). The highest BCUT2D eigenvalue weighted by atomic mass is 32.1. The van der Waals surface area contributed by atoms with Gasteiger partial charge in [-0.1, -0.05) is 93.4 Å². The van der Waals surface area contributed by atoms with Crippen molar-refractivity contribution in [3.8, 4) is 27.3 Å². The summed E-state index contributed by atoms with van der Waals surface area (Å²) in [5, 5.41) is 11.7. The molecule has 0 aliphatic carbocycles. The van der Waals surface area contributed by atoms with E-state index in [2.05, 4.69) is 98.1 Å². The first-order valence-electron chi connectivity index (χ1n) is 15.5. The molecule has 0 atom stereocenters. The zero-order chi connectivity index (χ0) is 30.7. The number of carboxylic acid groups (broad SMARTS) is 1. The van der Waals surface area contributed by atoms with Crippen LogP contribution in [-0.2, 0) is 24.5 Å². The van der Waals surface area contributed by atoms with Gasteiger partial charge in [0, 0.05) is 27.7 Å². The Balaban J connectivity index is 1.17. The Morgan fingerprint density at radius 1 is 0.795 bits per heavy atom. The molecule has 0 unspecified atom stereocenters. The second kappa shape index (κ2) is 15.8. The van der Waals surface area contributed by atoms with Gasteiger partial charge in [-0.2, -0.15) is 0 Å². The van der Waals surface area contributed by atoms with Gasteiger partial charge in [0.1, 0.15) is 12.4 Å². The fourth-order valence-electron chi connectivity index (χ4n) is 5.61. The van der Waals surface area contributed by atoms with Crippen LogP contribution in [0.15, 0.2) is 102 Å². The molecule has 0 spiro atoms. The normalized spacial score (nSPS) is 11.4. The highest BCUT2D eigenvalue weighted by Crippen LogP contribution is 2.32. The minimum absolute atomic E-state index is 0.00128. The molecule has 0 bridgehead atoms. The molecule has 4 nitrogen and oxygen atoms in total. The number of ether oxygens (including phenoxy) is 1. The monoisotopic (exact) mass is 623 g/mol. The number of benzene rings is 3. The summed E-state index contributed by atoms with van der Waals surface area (Å²) in [6.45, 7) is 6.24. The maximum Gasteiger partial charge on any atom is 0.317 e. The molecule has 44 heavy (non-hydrogen) atoms. The molecule has 2 heterocycles. The maximum absolute atomic E-state index is 11.7. The molecule has 0 aliphatic heterocycles. The van der Waals surface area contributed by atoms with Crippen molar-refractivity contribution in [1.82, 2.24) is 4.90 Å². The molecule has 0 saturated carbocycles. The van der Waals surface area contributed by atoms with E-state index >= 15 is 0 Å². The lowest BCUT2D eigenvalue weighted by Crippen LogP contribution is -2.28. The van der Waals surface area contributed by atoms with Crippen molar-refractivity contribution in [1.29, 1.82) is 0 Å². The minimum atomic E-state index is -0.812. The second-order valence-electron chi connectivity index (χ2n) is 11.3. The third-order valence-corrected chi connectivity index (χ3v) is 9.85. The van der Waals surface area contributed by atoms with Crippen LogP contribution in [0.4, 0.5) is 0 Å². The summed E-state index contributed by atoms with van der Waals surface area (Å²) in [6, 6.07) is 33.9. The zero-order valence-electron chi connectivity index (χ0n) is 25.6. The number of carbonyl (C=O) groups is 1. The lowest BCUT2D eigenvalue weighted by Gasteiger charge is -2.18. The topological polar surface area (TPSA) is 49.8 Å². The largest absolute Gasteiger partial charge is 0.489 e. The smallest absolute Gasteiger partial charge is 0.317 e. The van der Waals surface area contributed by atoms with E-state index in [-0.39, 0.29) is 6.54 Å². The Kier molecular flexibility index (Phi) is 11.4. The van der Waals surface area contributed by atoms with Crippen molar-refractivity contribution in [2.45, 2.75) is 65.1 Å². The molecular weight excluding hydrogens is 583 g/mol. The van der Waals surface area contributed by atoms with E-state index in [9.17, 15) is 9.90 Å². The van der Waals surface area contributed by atoms with Gasteiger partial charge in [0.2, 0.25) is 0 Å². The fourth-order valence-corrected chi connectivity index (χ4v) is 7.60. The average Bonchev–Trinajstić information content (AvgIpc) is 3.71. The Morgan fingerprint density at radius 2 is 1.50 bits per heavy atom. The highest BCUT2D eigenvalue weighted by Gasteiger charge is 2.15. The van der Waals surface area contributed by atoms with E-state index < -0.39 is 5.97 Å². The summed E-state index contributed by atoms with van der Waals surface area (Å²) in [4.78, 5) is 17.1. The van der Waals surface area contributed by atoms with Crippen molar-refractivity contribution in [3.63, 3.8) is 0 Å². The molecule has 0 aliphatic rings. The summed E-state index contributed by atoms with van der Waals surface area (Å²) < 4.78 is 6.10. The lowest BCUT2D eigenvalue weighted by atomic mass is 9.90.